The molecule has 0 aliphatic rings. The third-order valence-corrected chi connectivity index (χ3v) is 2.54. The number of anilines is 1. The van der Waals surface area contributed by atoms with E-state index in [-0.39, 0.29) is 10.6 Å². The van der Waals surface area contributed by atoms with E-state index in [9.17, 15) is 4.79 Å². The molecule has 0 saturated heterocycles. The molecule has 0 aliphatic carbocycles. The van der Waals surface area contributed by atoms with Crippen LogP contribution in [0.25, 0.3) is 0 Å². The number of benzene rings is 1. The van der Waals surface area contributed by atoms with Gasteiger partial charge in [0.25, 0.3) is 0 Å². The lowest BCUT2D eigenvalue weighted by molar-refractivity contribution is 0.0697. The largest absolute Gasteiger partial charge is 0.478 e. The molecule has 12 heavy (non-hydrogen) atoms. The summed E-state index contributed by atoms with van der Waals surface area (Å²) in [4.78, 5) is 10.6. The first kappa shape index (κ1) is 9.35. The van der Waals surface area contributed by atoms with Gasteiger partial charge in [0.2, 0.25) is 0 Å². The summed E-state index contributed by atoms with van der Waals surface area (Å²) in [5.41, 5.74) is 5.78. The van der Waals surface area contributed by atoms with Crippen molar-refractivity contribution in [2.45, 2.75) is 0 Å². The van der Waals surface area contributed by atoms with Gasteiger partial charge >= 0.3 is 5.97 Å². The van der Waals surface area contributed by atoms with Crippen molar-refractivity contribution < 1.29 is 9.90 Å². The molecule has 0 saturated carbocycles. The normalized spacial score (nSPS) is 9.83. The predicted molar refractivity (Wildman–Crippen MR) is 50.5 cm³/mol. The van der Waals surface area contributed by atoms with Crippen LogP contribution in [0, 0.1) is 0 Å². The van der Waals surface area contributed by atoms with Crippen LogP contribution >= 0.6 is 27.5 Å². The second-order valence-electron chi connectivity index (χ2n) is 2.17. The molecular formula is C7H5BrClNO2. The Morgan fingerprint density at radius 1 is 1.58 bits per heavy atom. The van der Waals surface area contributed by atoms with Crippen LogP contribution in [-0.4, -0.2) is 11.1 Å². The summed E-state index contributed by atoms with van der Waals surface area (Å²) in [5, 5.41) is 8.82. The van der Waals surface area contributed by atoms with Crippen molar-refractivity contribution in [2.75, 3.05) is 5.73 Å². The molecule has 3 N–H and O–H groups in total. The first-order valence-electron chi connectivity index (χ1n) is 3.00. The highest BCUT2D eigenvalue weighted by Crippen LogP contribution is 2.28. The third-order valence-electron chi connectivity index (χ3n) is 1.28. The Hall–Kier alpha value is -0.740. The maximum atomic E-state index is 10.6. The van der Waals surface area contributed by atoms with E-state index in [2.05, 4.69) is 15.9 Å². The zero-order valence-electron chi connectivity index (χ0n) is 5.84. The van der Waals surface area contributed by atoms with E-state index in [4.69, 9.17) is 22.4 Å². The molecule has 0 fully saturated rings. The lowest BCUT2D eigenvalue weighted by Gasteiger charge is -2.02. The fourth-order valence-electron chi connectivity index (χ4n) is 0.766. The van der Waals surface area contributed by atoms with Gasteiger partial charge in [0.1, 0.15) is 0 Å². The van der Waals surface area contributed by atoms with Crippen molar-refractivity contribution >= 4 is 39.2 Å². The molecule has 0 atom stereocenters. The lowest BCUT2D eigenvalue weighted by atomic mass is 10.2. The Balaban J connectivity index is 3.37. The number of carbonyl (C=O) groups is 1. The Morgan fingerprint density at radius 2 is 2.17 bits per heavy atom. The topological polar surface area (TPSA) is 63.3 Å². The molecule has 5 heteroatoms. The van der Waals surface area contributed by atoms with E-state index in [1.165, 1.54) is 6.07 Å². The molecule has 0 amide bonds. The second kappa shape index (κ2) is 3.33. The Labute approximate surface area is 82.3 Å². The number of carboxylic acid groups (broad SMARTS) is 1. The van der Waals surface area contributed by atoms with E-state index in [1.54, 1.807) is 6.07 Å². The number of aromatic carboxylic acids is 1. The van der Waals surface area contributed by atoms with Gasteiger partial charge in [-0.15, -0.1) is 0 Å². The van der Waals surface area contributed by atoms with Gasteiger partial charge in [0.15, 0.2) is 0 Å². The maximum Gasteiger partial charge on any atom is 0.337 e. The molecule has 1 aromatic carbocycles. The number of hydrogen-bond acceptors (Lipinski definition) is 2. The van der Waals surface area contributed by atoms with E-state index < -0.39 is 5.97 Å². The quantitative estimate of drug-likeness (QED) is 0.752. The zero-order valence-corrected chi connectivity index (χ0v) is 8.19. The summed E-state index contributed by atoms with van der Waals surface area (Å²) >= 11 is 8.77. The standard InChI is InChI=1S/C7H5BrClNO2/c8-5-2-3(10)1-4(6(5)9)7(11)12/h1-2H,10H2,(H,11,12). The highest BCUT2D eigenvalue weighted by molar-refractivity contribution is 9.10. The van der Waals surface area contributed by atoms with Crippen LogP contribution < -0.4 is 5.73 Å². The van der Waals surface area contributed by atoms with E-state index in [0.29, 0.717) is 10.2 Å². The molecule has 0 heterocycles. The molecule has 3 nitrogen and oxygen atoms in total. The van der Waals surface area contributed by atoms with Crippen molar-refractivity contribution in [2.24, 2.45) is 0 Å². The van der Waals surface area contributed by atoms with Gasteiger partial charge in [-0.1, -0.05) is 11.6 Å². The van der Waals surface area contributed by atoms with Crippen LogP contribution in [0.15, 0.2) is 16.6 Å². The van der Waals surface area contributed by atoms with Gasteiger partial charge in [0.05, 0.1) is 10.6 Å². The minimum atomic E-state index is -1.09. The van der Waals surface area contributed by atoms with Crippen LogP contribution in [-0.2, 0) is 0 Å². The maximum absolute atomic E-state index is 10.6. The smallest absolute Gasteiger partial charge is 0.337 e. The molecule has 1 rings (SSSR count). The average Bonchev–Trinajstić information content (AvgIpc) is 1.96. The summed E-state index contributed by atoms with van der Waals surface area (Å²) in [7, 11) is 0. The summed E-state index contributed by atoms with van der Waals surface area (Å²) in [6, 6.07) is 2.87. The summed E-state index contributed by atoms with van der Waals surface area (Å²) in [5.74, 6) is -1.09. The SMILES string of the molecule is Nc1cc(Br)c(Cl)c(C(=O)O)c1. The Morgan fingerprint density at radius 3 is 2.67 bits per heavy atom. The average molecular weight is 250 g/mol. The number of nitrogen functional groups attached to an aromatic ring is 1. The fraction of sp³-hybridized carbons (Fsp3) is 0. The van der Waals surface area contributed by atoms with Crippen molar-refractivity contribution in [3.05, 3.63) is 27.2 Å². The summed E-state index contributed by atoms with van der Waals surface area (Å²) < 4.78 is 0.488. The van der Waals surface area contributed by atoms with Crippen molar-refractivity contribution in [1.82, 2.24) is 0 Å². The monoisotopic (exact) mass is 249 g/mol. The molecule has 0 aliphatic heterocycles. The van der Waals surface area contributed by atoms with Gasteiger partial charge in [-0.3, -0.25) is 0 Å². The van der Waals surface area contributed by atoms with Crippen molar-refractivity contribution in [1.29, 1.82) is 0 Å². The predicted octanol–water partition coefficient (Wildman–Crippen LogP) is 2.38. The number of nitrogens with two attached hydrogens (primary N) is 1. The van der Waals surface area contributed by atoms with Crippen molar-refractivity contribution in [3.63, 3.8) is 0 Å². The van der Waals surface area contributed by atoms with E-state index in [0.717, 1.165) is 0 Å². The third kappa shape index (κ3) is 1.70. The number of halogens is 2. The molecule has 0 aromatic heterocycles. The van der Waals surface area contributed by atoms with Crippen LogP contribution in [0.2, 0.25) is 5.02 Å². The minimum Gasteiger partial charge on any atom is -0.478 e. The van der Waals surface area contributed by atoms with E-state index >= 15 is 0 Å². The van der Waals surface area contributed by atoms with Gasteiger partial charge < -0.3 is 10.8 Å². The first-order chi connectivity index (χ1) is 5.52. The van der Waals surface area contributed by atoms with Gasteiger partial charge in [-0.05, 0) is 28.1 Å². The van der Waals surface area contributed by atoms with Crippen LogP contribution in [0.3, 0.4) is 0 Å². The fourth-order valence-corrected chi connectivity index (χ4v) is 1.43. The molecule has 0 radical (unpaired) electrons. The zero-order chi connectivity index (χ0) is 9.30. The van der Waals surface area contributed by atoms with E-state index in [1.807, 2.05) is 0 Å². The molecule has 1 aromatic rings. The molecule has 64 valence electrons. The molecule has 0 spiro atoms. The van der Waals surface area contributed by atoms with Crippen LogP contribution in [0.4, 0.5) is 5.69 Å². The lowest BCUT2D eigenvalue weighted by Crippen LogP contribution is -1.99. The van der Waals surface area contributed by atoms with Crippen LogP contribution in [0.1, 0.15) is 10.4 Å². The summed E-state index contributed by atoms with van der Waals surface area (Å²) in [6.45, 7) is 0. The molecule has 0 unspecified atom stereocenters. The van der Waals surface area contributed by atoms with Crippen molar-refractivity contribution in [3.8, 4) is 0 Å². The molecule has 0 bridgehead atoms. The highest BCUT2D eigenvalue weighted by atomic mass is 79.9. The second-order valence-corrected chi connectivity index (χ2v) is 3.40. The summed E-state index contributed by atoms with van der Waals surface area (Å²) in [6.07, 6.45) is 0. The Kier molecular flexibility index (Phi) is 2.59. The van der Waals surface area contributed by atoms with Gasteiger partial charge in [-0.25, -0.2) is 4.79 Å². The first-order valence-corrected chi connectivity index (χ1v) is 4.17. The highest BCUT2D eigenvalue weighted by Gasteiger charge is 2.11. The number of rotatable bonds is 1. The number of hydrogen-bond donors (Lipinski definition) is 2. The van der Waals surface area contributed by atoms with Gasteiger partial charge in [-0.2, -0.15) is 0 Å². The molecular weight excluding hydrogens is 245 g/mol. The Bertz CT molecular complexity index is 340. The number of carboxylic acids is 1. The minimum absolute atomic E-state index is 0.00328. The van der Waals surface area contributed by atoms with Gasteiger partial charge in [0, 0.05) is 10.2 Å². The van der Waals surface area contributed by atoms with Crippen LogP contribution in [0.5, 0.6) is 0 Å².